The Bertz CT molecular complexity index is 1060. The first-order chi connectivity index (χ1) is 14.0. The normalized spacial score (nSPS) is 24.0. The summed E-state index contributed by atoms with van der Waals surface area (Å²) in [4.78, 5) is 13.7. The fourth-order valence-corrected chi connectivity index (χ4v) is 5.93. The van der Waals surface area contributed by atoms with Gasteiger partial charge in [0, 0.05) is 17.5 Å². The first-order valence-electron chi connectivity index (χ1n) is 10.5. The predicted molar refractivity (Wildman–Crippen MR) is 119 cm³/mol. The highest BCUT2D eigenvalue weighted by Gasteiger charge is 2.50. The lowest BCUT2D eigenvalue weighted by Gasteiger charge is -2.49. The second-order valence-electron chi connectivity index (χ2n) is 8.86. The largest absolute Gasteiger partial charge is 0.325 e. The Morgan fingerprint density at radius 1 is 0.759 bits per heavy atom. The summed E-state index contributed by atoms with van der Waals surface area (Å²) in [7, 11) is 0. The molecule has 2 nitrogen and oxygen atoms in total. The molecule has 2 heteroatoms. The van der Waals surface area contributed by atoms with Crippen LogP contribution in [0.15, 0.2) is 60.7 Å². The van der Waals surface area contributed by atoms with Gasteiger partial charge >= 0.3 is 0 Å². The molecule has 6 rings (SSSR count). The van der Waals surface area contributed by atoms with Gasteiger partial charge in [-0.3, -0.25) is 4.79 Å². The molecule has 0 saturated heterocycles. The van der Waals surface area contributed by atoms with E-state index in [0.29, 0.717) is 0 Å². The predicted octanol–water partition coefficient (Wildman–Crippen LogP) is 6.09. The zero-order chi connectivity index (χ0) is 20.3. The Morgan fingerprint density at radius 2 is 1.21 bits per heavy atom. The van der Waals surface area contributed by atoms with Crippen molar-refractivity contribution >= 4 is 11.6 Å². The number of carbonyl (C=O) groups excluding carboxylic acids is 1. The van der Waals surface area contributed by atoms with Crippen LogP contribution < -0.4 is 5.32 Å². The maximum atomic E-state index is 13.7. The molecular formula is C27H27NO. The molecule has 2 atom stereocenters. The van der Waals surface area contributed by atoms with Crippen molar-refractivity contribution in [1.82, 2.24) is 0 Å². The van der Waals surface area contributed by atoms with Crippen LogP contribution in [-0.2, 0) is 4.79 Å². The molecule has 0 aromatic heterocycles. The van der Waals surface area contributed by atoms with E-state index in [-0.39, 0.29) is 29.6 Å². The number of aryl methyl sites for hydroxylation is 3. The topological polar surface area (TPSA) is 29.1 Å². The standard InChI is InChI=1S/C27H27NO/c1-15-13-16(2)26(17(3)14-15)28-27(29)24-18(4)23-19-9-5-7-11-21(19)25(24)22-12-8-6-10-20(22)23/h5-14,18,23-25H,1-4H3,(H,28,29)/t18-,23?,24+,25?/m0/s1. The summed E-state index contributed by atoms with van der Waals surface area (Å²) in [5.41, 5.74) is 9.90. The number of rotatable bonds is 2. The van der Waals surface area contributed by atoms with E-state index in [1.807, 2.05) is 0 Å². The lowest BCUT2D eigenvalue weighted by molar-refractivity contribution is -0.122. The van der Waals surface area contributed by atoms with E-state index in [4.69, 9.17) is 0 Å². The van der Waals surface area contributed by atoms with Crippen molar-refractivity contribution in [2.24, 2.45) is 11.8 Å². The number of anilines is 1. The van der Waals surface area contributed by atoms with Crippen molar-refractivity contribution in [2.75, 3.05) is 5.32 Å². The fraction of sp³-hybridized carbons (Fsp3) is 0.296. The Labute approximate surface area is 173 Å². The number of hydrogen-bond acceptors (Lipinski definition) is 1. The van der Waals surface area contributed by atoms with E-state index in [2.05, 4.69) is 93.7 Å². The molecule has 146 valence electrons. The highest BCUT2D eigenvalue weighted by Crippen LogP contribution is 2.58. The highest BCUT2D eigenvalue weighted by molar-refractivity contribution is 5.96. The lowest BCUT2D eigenvalue weighted by atomic mass is 9.54. The molecule has 2 bridgehead atoms. The Balaban J connectivity index is 1.60. The van der Waals surface area contributed by atoms with Crippen LogP contribution in [0.4, 0.5) is 5.69 Å². The van der Waals surface area contributed by atoms with Gasteiger partial charge in [0.15, 0.2) is 0 Å². The van der Waals surface area contributed by atoms with Gasteiger partial charge in [-0.05, 0) is 60.1 Å². The SMILES string of the molecule is Cc1cc(C)c(NC(=O)[C@H]2C3c4ccccc4C(c4ccccc43)[C@@H]2C)c(C)c1. The van der Waals surface area contributed by atoms with Gasteiger partial charge < -0.3 is 5.32 Å². The average molecular weight is 382 g/mol. The second kappa shape index (κ2) is 6.59. The van der Waals surface area contributed by atoms with Crippen LogP contribution in [0.1, 0.15) is 57.7 Å². The van der Waals surface area contributed by atoms with Crippen LogP contribution in [0.5, 0.6) is 0 Å². The smallest absolute Gasteiger partial charge is 0.228 e. The molecule has 1 N–H and O–H groups in total. The molecule has 0 spiro atoms. The molecule has 3 aromatic rings. The van der Waals surface area contributed by atoms with Gasteiger partial charge in [0.1, 0.15) is 0 Å². The molecule has 3 aliphatic rings. The van der Waals surface area contributed by atoms with Gasteiger partial charge in [0.2, 0.25) is 5.91 Å². The van der Waals surface area contributed by atoms with E-state index < -0.39 is 0 Å². The van der Waals surface area contributed by atoms with Crippen molar-refractivity contribution in [1.29, 1.82) is 0 Å². The van der Waals surface area contributed by atoms with Gasteiger partial charge in [-0.15, -0.1) is 0 Å². The van der Waals surface area contributed by atoms with Crippen LogP contribution >= 0.6 is 0 Å². The van der Waals surface area contributed by atoms with Crippen molar-refractivity contribution in [3.05, 3.63) is 99.6 Å². The number of amides is 1. The third-order valence-electron chi connectivity index (χ3n) is 7.01. The zero-order valence-electron chi connectivity index (χ0n) is 17.5. The van der Waals surface area contributed by atoms with Crippen molar-refractivity contribution < 1.29 is 4.79 Å². The molecule has 0 heterocycles. The summed E-state index contributed by atoms with van der Waals surface area (Å²) in [5, 5.41) is 3.31. The Morgan fingerprint density at radius 3 is 1.69 bits per heavy atom. The summed E-state index contributed by atoms with van der Waals surface area (Å²) in [6, 6.07) is 21.7. The quantitative estimate of drug-likeness (QED) is 0.571. The molecule has 0 fully saturated rings. The second-order valence-corrected chi connectivity index (χ2v) is 8.86. The molecule has 0 radical (unpaired) electrons. The summed E-state index contributed by atoms with van der Waals surface area (Å²) in [5.74, 6) is 0.740. The molecule has 1 amide bonds. The average Bonchev–Trinajstić information content (AvgIpc) is 2.70. The van der Waals surface area contributed by atoms with Gasteiger partial charge in [0.05, 0.1) is 5.92 Å². The third-order valence-corrected chi connectivity index (χ3v) is 7.01. The molecule has 3 aliphatic carbocycles. The number of fused-ring (bicyclic) bond motifs is 1. The van der Waals surface area contributed by atoms with E-state index in [9.17, 15) is 4.79 Å². The number of carbonyl (C=O) groups is 1. The molecule has 0 saturated carbocycles. The molecule has 3 aromatic carbocycles. The maximum Gasteiger partial charge on any atom is 0.228 e. The molecule has 0 aliphatic heterocycles. The monoisotopic (exact) mass is 381 g/mol. The number of hydrogen-bond donors (Lipinski definition) is 1. The fourth-order valence-electron chi connectivity index (χ4n) is 5.93. The van der Waals surface area contributed by atoms with Crippen molar-refractivity contribution in [3.63, 3.8) is 0 Å². The van der Waals surface area contributed by atoms with Crippen molar-refractivity contribution in [3.8, 4) is 0 Å². The van der Waals surface area contributed by atoms with Crippen molar-refractivity contribution in [2.45, 2.75) is 39.5 Å². The summed E-state index contributed by atoms with van der Waals surface area (Å²) < 4.78 is 0. The first kappa shape index (κ1) is 18.2. The lowest BCUT2D eigenvalue weighted by Crippen LogP contribution is -2.44. The summed E-state index contributed by atoms with van der Waals surface area (Å²) >= 11 is 0. The molecule has 29 heavy (non-hydrogen) atoms. The Kier molecular flexibility index (Phi) is 4.13. The third kappa shape index (κ3) is 2.66. The maximum absolute atomic E-state index is 13.7. The van der Waals surface area contributed by atoms with Crippen LogP contribution in [0.2, 0.25) is 0 Å². The summed E-state index contributed by atoms with van der Waals surface area (Å²) in [6.45, 7) is 8.51. The molecule has 0 unspecified atom stereocenters. The van der Waals surface area contributed by atoms with Gasteiger partial charge in [-0.1, -0.05) is 73.2 Å². The number of benzene rings is 3. The van der Waals surface area contributed by atoms with E-state index in [1.165, 1.54) is 27.8 Å². The Hall–Kier alpha value is -2.87. The van der Waals surface area contributed by atoms with E-state index >= 15 is 0 Å². The molecular weight excluding hydrogens is 354 g/mol. The minimum Gasteiger partial charge on any atom is -0.325 e. The minimum atomic E-state index is -0.0649. The number of nitrogens with one attached hydrogen (secondary N) is 1. The first-order valence-corrected chi connectivity index (χ1v) is 10.5. The zero-order valence-corrected chi connectivity index (χ0v) is 17.5. The van der Waals surface area contributed by atoms with Crippen LogP contribution in [0.3, 0.4) is 0 Å². The minimum absolute atomic E-state index is 0.0649. The van der Waals surface area contributed by atoms with Gasteiger partial charge in [0.25, 0.3) is 0 Å². The highest BCUT2D eigenvalue weighted by atomic mass is 16.1. The van der Waals surface area contributed by atoms with Crippen LogP contribution in [-0.4, -0.2) is 5.91 Å². The van der Waals surface area contributed by atoms with E-state index in [0.717, 1.165) is 16.8 Å². The van der Waals surface area contributed by atoms with Gasteiger partial charge in [-0.25, -0.2) is 0 Å². The van der Waals surface area contributed by atoms with Crippen LogP contribution in [0, 0.1) is 32.6 Å². The van der Waals surface area contributed by atoms with Gasteiger partial charge in [-0.2, -0.15) is 0 Å². The van der Waals surface area contributed by atoms with Crippen LogP contribution in [0.25, 0.3) is 0 Å². The van der Waals surface area contributed by atoms with E-state index in [1.54, 1.807) is 0 Å². The summed E-state index contributed by atoms with van der Waals surface area (Å²) in [6.07, 6.45) is 0.